The van der Waals surface area contributed by atoms with Crippen LogP contribution in [0.4, 0.5) is 18.9 Å². The molecule has 1 aromatic rings. The molecule has 6 nitrogen and oxygen atoms in total. The first-order chi connectivity index (χ1) is 10.5. The van der Waals surface area contributed by atoms with Crippen LogP contribution >= 0.6 is 0 Å². The van der Waals surface area contributed by atoms with Crippen molar-refractivity contribution in [1.29, 1.82) is 0 Å². The van der Waals surface area contributed by atoms with Gasteiger partial charge in [-0.1, -0.05) is 6.07 Å². The van der Waals surface area contributed by atoms with Gasteiger partial charge in [0.05, 0.1) is 21.3 Å². The number of likely N-dealkylation sites (tertiary alicyclic amines) is 1. The van der Waals surface area contributed by atoms with Crippen LogP contribution in [-0.2, 0) is 22.6 Å². The molecule has 0 aromatic heterocycles. The monoisotopic (exact) mass is 352 g/mol. The first kappa shape index (κ1) is 17.7. The number of nitrogens with zero attached hydrogens (tertiary/aromatic N) is 2. The number of alkyl halides is 3. The molecule has 128 valence electrons. The summed E-state index contributed by atoms with van der Waals surface area (Å²) in [5.41, 5.74) is -2.10. The van der Waals surface area contributed by atoms with Crippen molar-refractivity contribution in [2.45, 2.75) is 24.4 Å². The first-order valence-corrected chi connectivity index (χ1v) is 8.70. The fourth-order valence-corrected chi connectivity index (χ4v) is 3.71. The van der Waals surface area contributed by atoms with Crippen molar-refractivity contribution >= 4 is 15.5 Å². The molecule has 1 aliphatic heterocycles. The van der Waals surface area contributed by atoms with E-state index in [9.17, 15) is 31.7 Å². The maximum Gasteiger partial charge on any atom is 0.416 e. The maximum absolute atomic E-state index is 13.1. The van der Waals surface area contributed by atoms with Crippen LogP contribution in [0.25, 0.3) is 0 Å². The van der Waals surface area contributed by atoms with Gasteiger partial charge in [0, 0.05) is 25.4 Å². The van der Waals surface area contributed by atoms with E-state index in [4.69, 9.17) is 0 Å². The largest absolute Gasteiger partial charge is 0.416 e. The van der Waals surface area contributed by atoms with E-state index in [2.05, 4.69) is 0 Å². The fourth-order valence-electron chi connectivity index (χ4n) is 2.69. The molecule has 1 atom stereocenters. The molecular formula is C13H15F3N2O4S. The Morgan fingerprint density at radius 1 is 1.39 bits per heavy atom. The number of rotatable bonds is 4. The van der Waals surface area contributed by atoms with Crippen LogP contribution in [-0.4, -0.2) is 42.8 Å². The lowest BCUT2D eigenvalue weighted by Crippen LogP contribution is -2.27. The number of halogens is 3. The molecule has 0 aliphatic carbocycles. The highest BCUT2D eigenvalue weighted by Gasteiger charge is 2.38. The number of nitro benzene ring substituents is 1. The molecule has 0 N–H and O–H groups in total. The van der Waals surface area contributed by atoms with Crippen LogP contribution < -0.4 is 0 Å². The lowest BCUT2D eigenvalue weighted by Gasteiger charge is -2.19. The van der Waals surface area contributed by atoms with Gasteiger partial charge in [-0.05, 0) is 19.0 Å². The van der Waals surface area contributed by atoms with Crippen molar-refractivity contribution in [1.82, 2.24) is 4.90 Å². The highest BCUT2D eigenvalue weighted by Crippen LogP contribution is 2.37. The van der Waals surface area contributed by atoms with E-state index >= 15 is 0 Å². The predicted octanol–water partition coefficient (Wildman–Crippen LogP) is 2.23. The number of hydrogen-bond donors (Lipinski definition) is 0. The molecule has 2 rings (SSSR count). The minimum atomic E-state index is -4.71. The Kier molecular flexibility index (Phi) is 4.67. The van der Waals surface area contributed by atoms with Gasteiger partial charge >= 0.3 is 6.18 Å². The second-order valence-electron chi connectivity index (χ2n) is 5.53. The Morgan fingerprint density at radius 2 is 2.04 bits per heavy atom. The molecule has 1 aliphatic rings. The van der Waals surface area contributed by atoms with E-state index in [1.165, 1.54) is 4.90 Å². The molecule has 0 amide bonds. The molecule has 1 heterocycles. The van der Waals surface area contributed by atoms with Crippen LogP contribution in [0.2, 0.25) is 0 Å². The van der Waals surface area contributed by atoms with Gasteiger partial charge in [-0.2, -0.15) is 13.2 Å². The Labute approximate surface area is 131 Å². The fraction of sp³-hybridized carbons (Fsp3) is 0.538. The quantitative estimate of drug-likeness (QED) is 0.613. The third-order valence-electron chi connectivity index (χ3n) is 3.87. The van der Waals surface area contributed by atoms with Gasteiger partial charge in [0.1, 0.15) is 0 Å². The standard InChI is InChI=1S/C13H15F3N2O4S/c1-23(21,22)9-5-6-17(7-9)8-10-11(13(14,15)16)3-2-4-12(10)18(19)20/h2-4,9H,5-8H2,1H3. The maximum atomic E-state index is 13.1. The van der Waals surface area contributed by atoms with Crippen molar-refractivity contribution in [3.05, 3.63) is 39.4 Å². The molecule has 1 unspecified atom stereocenters. The molecule has 0 bridgehead atoms. The molecule has 1 aromatic carbocycles. The van der Waals surface area contributed by atoms with E-state index in [0.717, 1.165) is 24.5 Å². The molecule has 1 saturated heterocycles. The number of hydrogen-bond acceptors (Lipinski definition) is 5. The zero-order valence-electron chi connectivity index (χ0n) is 12.2. The highest BCUT2D eigenvalue weighted by atomic mass is 32.2. The van der Waals surface area contributed by atoms with Gasteiger partial charge in [0.25, 0.3) is 5.69 Å². The third kappa shape index (κ3) is 3.99. The highest BCUT2D eigenvalue weighted by molar-refractivity contribution is 7.91. The number of sulfone groups is 1. The second kappa shape index (κ2) is 6.08. The summed E-state index contributed by atoms with van der Waals surface area (Å²) in [5.74, 6) is 0. The minimum Gasteiger partial charge on any atom is -0.297 e. The lowest BCUT2D eigenvalue weighted by atomic mass is 10.0. The summed E-state index contributed by atoms with van der Waals surface area (Å²) in [6.07, 6.45) is -3.33. The lowest BCUT2D eigenvalue weighted by molar-refractivity contribution is -0.386. The minimum absolute atomic E-state index is 0.0716. The zero-order chi connectivity index (χ0) is 17.4. The first-order valence-electron chi connectivity index (χ1n) is 6.75. The Morgan fingerprint density at radius 3 is 2.52 bits per heavy atom. The van der Waals surface area contributed by atoms with Gasteiger partial charge < -0.3 is 0 Å². The summed E-state index contributed by atoms with van der Waals surface area (Å²) in [7, 11) is -3.29. The summed E-state index contributed by atoms with van der Waals surface area (Å²) in [5, 5.41) is 10.4. The molecule has 23 heavy (non-hydrogen) atoms. The molecule has 1 fully saturated rings. The normalized spacial score (nSPS) is 19.9. The average Bonchev–Trinajstić information content (AvgIpc) is 2.86. The molecule has 10 heteroatoms. The van der Waals surface area contributed by atoms with Gasteiger partial charge in [-0.3, -0.25) is 15.0 Å². The Balaban J connectivity index is 2.34. The van der Waals surface area contributed by atoms with Crippen LogP contribution in [0, 0.1) is 10.1 Å². The Bertz CT molecular complexity index is 718. The molecule has 0 spiro atoms. The predicted molar refractivity (Wildman–Crippen MR) is 76.6 cm³/mol. The van der Waals surface area contributed by atoms with E-state index in [-0.39, 0.29) is 19.6 Å². The Hall–Kier alpha value is -1.68. The van der Waals surface area contributed by atoms with Crippen molar-refractivity contribution in [3.8, 4) is 0 Å². The van der Waals surface area contributed by atoms with Gasteiger partial charge in [-0.25, -0.2) is 8.42 Å². The topological polar surface area (TPSA) is 80.5 Å². The second-order valence-corrected chi connectivity index (χ2v) is 7.86. The van der Waals surface area contributed by atoms with Crippen molar-refractivity contribution in [2.75, 3.05) is 19.3 Å². The molecular weight excluding hydrogens is 337 g/mol. The van der Waals surface area contributed by atoms with E-state index in [1.54, 1.807) is 0 Å². The smallest absolute Gasteiger partial charge is 0.297 e. The average molecular weight is 352 g/mol. The van der Waals surface area contributed by atoms with Crippen LogP contribution in [0.15, 0.2) is 18.2 Å². The van der Waals surface area contributed by atoms with Crippen molar-refractivity contribution in [3.63, 3.8) is 0 Å². The number of benzene rings is 1. The van der Waals surface area contributed by atoms with Gasteiger partial charge in [0.2, 0.25) is 0 Å². The summed E-state index contributed by atoms with van der Waals surface area (Å²) >= 11 is 0. The van der Waals surface area contributed by atoms with Crippen molar-refractivity contribution < 1.29 is 26.5 Å². The summed E-state index contributed by atoms with van der Waals surface area (Å²) in [6.45, 7) is 0.0429. The molecule has 0 saturated carbocycles. The summed E-state index contributed by atoms with van der Waals surface area (Å²) in [6, 6.07) is 2.81. The number of nitro groups is 1. The SMILES string of the molecule is CS(=O)(=O)C1CCN(Cc2c([N+](=O)[O-])cccc2C(F)(F)F)C1. The van der Waals surface area contributed by atoms with E-state index in [0.29, 0.717) is 6.42 Å². The zero-order valence-corrected chi connectivity index (χ0v) is 13.0. The van der Waals surface area contributed by atoms with E-state index in [1.807, 2.05) is 0 Å². The summed E-state index contributed by atoms with van der Waals surface area (Å²) < 4.78 is 62.3. The van der Waals surface area contributed by atoms with Crippen LogP contribution in [0.5, 0.6) is 0 Å². The van der Waals surface area contributed by atoms with Gasteiger partial charge in [0.15, 0.2) is 9.84 Å². The summed E-state index contributed by atoms with van der Waals surface area (Å²) in [4.78, 5) is 11.7. The van der Waals surface area contributed by atoms with Gasteiger partial charge in [-0.15, -0.1) is 0 Å². The third-order valence-corrected chi connectivity index (χ3v) is 5.47. The molecule has 0 radical (unpaired) electrons. The van der Waals surface area contributed by atoms with Crippen LogP contribution in [0.3, 0.4) is 0 Å². The van der Waals surface area contributed by atoms with E-state index < -0.39 is 43.0 Å². The van der Waals surface area contributed by atoms with Crippen molar-refractivity contribution in [2.24, 2.45) is 0 Å². The van der Waals surface area contributed by atoms with Crippen LogP contribution in [0.1, 0.15) is 17.5 Å².